The number of carbonyl (C=O) groups excluding carboxylic acids is 1. The number of aromatic nitrogens is 4. The van der Waals surface area contributed by atoms with Gasteiger partial charge in [-0.2, -0.15) is 28.2 Å². The molecule has 7 nitrogen and oxygen atoms in total. The molecule has 0 spiro atoms. The first-order chi connectivity index (χ1) is 15.3. The molecule has 1 amide bonds. The fourth-order valence-electron chi connectivity index (χ4n) is 4.59. The fraction of sp³-hybridized carbons (Fsp3) is 0.364. The molecule has 2 aliphatic rings. The highest BCUT2D eigenvalue weighted by Crippen LogP contribution is 2.41. The van der Waals surface area contributed by atoms with Crippen molar-refractivity contribution in [3.63, 3.8) is 0 Å². The minimum absolute atomic E-state index is 0.125. The number of piperidine rings is 1. The number of aryl methyl sites for hydroxylation is 1. The van der Waals surface area contributed by atoms with Crippen molar-refractivity contribution >= 4 is 5.91 Å². The SMILES string of the molecule is Cc1ccc(-n2nccn2)c(C(=O)N2CC3CC(Oc4ccc(C(F)(F)F)cn4)C2C3)c1. The summed E-state index contributed by atoms with van der Waals surface area (Å²) in [5, 5.41) is 8.30. The maximum absolute atomic E-state index is 13.5. The summed E-state index contributed by atoms with van der Waals surface area (Å²) in [6.45, 7) is 2.53. The lowest BCUT2D eigenvalue weighted by atomic mass is 10.0. The van der Waals surface area contributed by atoms with Gasteiger partial charge in [0, 0.05) is 18.8 Å². The predicted molar refractivity (Wildman–Crippen MR) is 107 cm³/mol. The number of likely N-dealkylation sites (tertiary alicyclic amines) is 1. The number of hydrogen-bond donors (Lipinski definition) is 0. The zero-order chi connectivity index (χ0) is 22.5. The van der Waals surface area contributed by atoms with Crippen molar-refractivity contribution in [2.75, 3.05) is 6.54 Å². The van der Waals surface area contributed by atoms with Gasteiger partial charge in [-0.05, 0) is 43.9 Å². The molecular formula is C22H20F3N5O2. The first-order valence-electron chi connectivity index (χ1n) is 10.3. The van der Waals surface area contributed by atoms with Crippen molar-refractivity contribution in [3.8, 4) is 11.6 Å². The van der Waals surface area contributed by atoms with Gasteiger partial charge in [0.1, 0.15) is 6.10 Å². The third-order valence-electron chi connectivity index (χ3n) is 6.04. The molecule has 0 radical (unpaired) electrons. The van der Waals surface area contributed by atoms with Crippen LogP contribution >= 0.6 is 0 Å². The summed E-state index contributed by atoms with van der Waals surface area (Å²) in [4.78, 5) is 20.5. The van der Waals surface area contributed by atoms with Gasteiger partial charge in [0.25, 0.3) is 5.91 Å². The van der Waals surface area contributed by atoms with Crippen LogP contribution in [-0.2, 0) is 6.18 Å². The van der Waals surface area contributed by atoms with Gasteiger partial charge >= 0.3 is 6.18 Å². The maximum atomic E-state index is 13.5. The van der Waals surface area contributed by atoms with Crippen molar-refractivity contribution < 1.29 is 22.7 Å². The molecule has 1 saturated carbocycles. The summed E-state index contributed by atoms with van der Waals surface area (Å²) in [7, 11) is 0. The normalized spacial score (nSPS) is 22.4. The second-order valence-electron chi connectivity index (χ2n) is 8.24. The third-order valence-corrected chi connectivity index (χ3v) is 6.04. The van der Waals surface area contributed by atoms with Crippen molar-refractivity contribution in [3.05, 3.63) is 65.6 Å². The van der Waals surface area contributed by atoms with Crippen LogP contribution in [0.1, 0.15) is 34.3 Å². The van der Waals surface area contributed by atoms with Gasteiger partial charge in [-0.25, -0.2) is 4.98 Å². The predicted octanol–water partition coefficient (Wildman–Crippen LogP) is 3.67. The van der Waals surface area contributed by atoms with E-state index in [-0.39, 0.29) is 29.9 Å². The minimum atomic E-state index is -4.45. The van der Waals surface area contributed by atoms with E-state index in [0.717, 1.165) is 30.7 Å². The molecule has 3 aromatic rings. The lowest BCUT2D eigenvalue weighted by molar-refractivity contribution is -0.137. The van der Waals surface area contributed by atoms with Gasteiger partial charge in [-0.15, -0.1) is 0 Å². The Hall–Kier alpha value is -3.43. The highest BCUT2D eigenvalue weighted by Gasteiger charge is 2.49. The minimum Gasteiger partial charge on any atom is -0.472 e. The molecule has 3 heterocycles. The first kappa shape index (κ1) is 20.5. The van der Waals surface area contributed by atoms with Crippen LogP contribution in [0.15, 0.2) is 48.9 Å². The van der Waals surface area contributed by atoms with Crippen molar-refractivity contribution in [1.29, 1.82) is 0 Å². The average molecular weight is 443 g/mol. The number of hydrogen-bond acceptors (Lipinski definition) is 5. The lowest BCUT2D eigenvalue weighted by Gasteiger charge is -2.33. The Bertz CT molecular complexity index is 1130. The number of ether oxygens (including phenoxy) is 1. The van der Waals surface area contributed by atoms with Gasteiger partial charge in [-0.1, -0.05) is 11.6 Å². The van der Waals surface area contributed by atoms with Crippen molar-refractivity contribution in [1.82, 2.24) is 24.9 Å². The molecule has 5 rings (SSSR count). The Morgan fingerprint density at radius 2 is 1.91 bits per heavy atom. The van der Waals surface area contributed by atoms with Crippen LogP contribution in [0, 0.1) is 12.8 Å². The monoisotopic (exact) mass is 443 g/mol. The maximum Gasteiger partial charge on any atom is 0.417 e. The van der Waals surface area contributed by atoms with E-state index >= 15 is 0 Å². The van der Waals surface area contributed by atoms with E-state index in [4.69, 9.17) is 4.74 Å². The molecule has 1 aliphatic heterocycles. The number of nitrogens with zero attached hydrogens (tertiary/aromatic N) is 5. The van der Waals surface area contributed by atoms with Gasteiger partial charge < -0.3 is 9.64 Å². The van der Waals surface area contributed by atoms with Crippen LogP contribution < -0.4 is 4.74 Å². The van der Waals surface area contributed by atoms with Crippen molar-refractivity contribution in [2.45, 2.75) is 38.1 Å². The smallest absolute Gasteiger partial charge is 0.417 e. The molecule has 3 unspecified atom stereocenters. The Morgan fingerprint density at radius 1 is 1.12 bits per heavy atom. The summed E-state index contributed by atoms with van der Waals surface area (Å²) in [6, 6.07) is 7.54. The molecular weight excluding hydrogens is 423 g/mol. The first-order valence-corrected chi connectivity index (χ1v) is 10.3. The summed E-state index contributed by atoms with van der Waals surface area (Å²) < 4.78 is 44.2. The summed E-state index contributed by atoms with van der Waals surface area (Å²) >= 11 is 0. The molecule has 1 aromatic carbocycles. The second-order valence-corrected chi connectivity index (χ2v) is 8.24. The van der Waals surface area contributed by atoms with Crippen LogP contribution in [0.3, 0.4) is 0 Å². The molecule has 2 fully saturated rings. The molecule has 2 aromatic heterocycles. The van der Waals surface area contributed by atoms with E-state index in [1.165, 1.54) is 10.9 Å². The van der Waals surface area contributed by atoms with Crippen LogP contribution in [-0.4, -0.2) is 49.5 Å². The molecule has 3 atom stereocenters. The zero-order valence-corrected chi connectivity index (χ0v) is 17.2. The van der Waals surface area contributed by atoms with Gasteiger partial charge in [0.05, 0.1) is 35.2 Å². The number of halogens is 3. The van der Waals surface area contributed by atoms with E-state index in [0.29, 0.717) is 17.8 Å². The van der Waals surface area contributed by atoms with E-state index in [2.05, 4.69) is 15.2 Å². The van der Waals surface area contributed by atoms with E-state index in [1.807, 2.05) is 25.1 Å². The van der Waals surface area contributed by atoms with E-state index in [9.17, 15) is 18.0 Å². The number of amides is 1. The van der Waals surface area contributed by atoms with Gasteiger partial charge in [0.2, 0.25) is 5.88 Å². The number of carbonyl (C=O) groups is 1. The Balaban J connectivity index is 1.37. The Labute approximate surface area is 181 Å². The van der Waals surface area contributed by atoms with Crippen LogP contribution in [0.5, 0.6) is 5.88 Å². The molecule has 1 saturated heterocycles. The highest BCUT2D eigenvalue weighted by molar-refractivity contribution is 5.98. The number of alkyl halides is 3. The Morgan fingerprint density at radius 3 is 2.56 bits per heavy atom. The summed E-state index contributed by atoms with van der Waals surface area (Å²) in [6.07, 6.45) is 0.617. The average Bonchev–Trinajstić information content (AvgIpc) is 3.50. The highest BCUT2D eigenvalue weighted by atomic mass is 19.4. The van der Waals surface area contributed by atoms with E-state index < -0.39 is 11.7 Å². The van der Waals surface area contributed by atoms with Gasteiger partial charge in [0.15, 0.2) is 0 Å². The largest absolute Gasteiger partial charge is 0.472 e. The third kappa shape index (κ3) is 3.69. The van der Waals surface area contributed by atoms with E-state index in [1.54, 1.807) is 17.3 Å². The second kappa shape index (κ2) is 7.61. The Kier molecular flexibility index (Phi) is 4.87. The topological polar surface area (TPSA) is 73.1 Å². The van der Waals surface area contributed by atoms with Crippen LogP contribution in [0.25, 0.3) is 5.69 Å². The zero-order valence-electron chi connectivity index (χ0n) is 17.2. The quantitative estimate of drug-likeness (QED) is 0.615. The molecule has 166 valence electrons. The standard InChI is InChI=1S/C22H20F3N5O2/c1-13-2-4-17(30-27-6-7-28-30)16(8-13)21(31)29-12-14-9-18(29)19(10-14)32-20-5-3-15(11-26-20)22(23,24)25/h2-8,11,14,18-19H,9-10,12H2,1H3. The number of fused-ring (bicyclic) bond motifs is 2. The summed E-state index contributed by atoms with van der Waals surface area (Å²) in [5.41, 5.74) is 1.21. The number of benzene rings is 1. The van der Waals surface area contributed by atoms with Crippen LogP contribution in [0.2, 0.25) is 0 Å². The fourth-order valence-corrected chi connectivity index (χ4v) is 4.59. The molecule has 10 heteroatoms. The molecule has 32 heavy (non-hydrogen) atoms. The number of pyridine rings is 1. The molecule has 2 bridgehead atoms. The number of rotatable bonds is 4. The van der Waals surface area contributed by atoms with Crippen molar-refractivity contribution in [2.24, 2.45) is 5.92 Å². The van der Waals surface area contributed by atoms with Crippen LogP contribution in [0.4, 0.5) is 13.2 Å². The summed E-state index contributed by atoms with van der Waals surface area (Å²) in [5.74, 6) is 0.265. The lowest BCUT2D eigenvalue weighted by Crippen LogP contribution is -2.47. The molecule has 0 N–H and O–H groups in total. The van der Waals surface area contributed by atoms with Gasteiger partial charge in [-0.3, -0.25) is 4.79 Å². The molecule has 1 aliphatic carbocycles.